The summed E-state index contributed by atoms with van der Waals surface area (Å²) in [7, 11) is 0. The van der Waals surface area contributed by atoms with Crippen molar-refractivity contribution in [2.75, 3.05) is 6.61 Å². The zero-order valence-electron chi connectivity index (χ0n) is 9.19. The molecular weight excluding hydrogens is 240 g/mol. The number of halogens is 4. The normalized spacial score (nSPS) is 11.4. The molecule has 0 aromatic heterocycles. The molecule has 1 aromatic rings. The number of benzene rings is 1. The van der Waals surface area contributed by atoms with Gasteiger partial charge in [-0.25, -0.2) is 4.39 Å². The highest BCUT2D eigenvalue weighted by atomic mass is 19.4. The van der Waals surface area contributed by atoms with E-state index in [1.165, 1.54) is 0 Å². The SMILES string of the molecule is CCOc1cc(F)c(C(F)(F)F)c(C(C)=O)c1. The lowest BCUT2D eigenvalue weighted by molar-refractivity contribution is -0.140. The number of hydrogen-bond acceptors (Lipinski definition) is 2. The van der Waals surface area contributed by atoms with Crippen LogP contribution in [0.3, 0.4) is 0 Å². The van der Waals surface area contributed by atoms with Crippen molar-refractivity contribution in [3.8, 4) is 5.75 Å². The molecule has 1 rings (SSSR count). The van der Waals surface area contributed by atoms with E-state index in [0.29, 0.717) is 6.07 Å². The molecule has 6 heteroatoms. The van der Waals surface area contributed by atoms with Crippen LogP contribution in [0.15, 0.2) is 12.1 Å². The van der Waals surface area contributed by atoms with Crippen molar-refractivity contribution in [1.82, 2.24) is 0 Å². The van der Waals surface area contributed by atoms with E-state index in [4.69, 9.17) is 4.74 Å². The summed E-state index contributed by atoms with van der Waals surface area (Å²) < 4.78 is 55.9. The fraction of sp³-hybridized carbons (Fsp3) is 0.364. The Labute approximate surface area is 95.2 Å². The number of carbonyl (C=O) groups excluding carboxylic acids is 1. The average molecular weight is 250 g/mol. The van der Waals surface area contributed by atoms with Crippen molar-refractivity contribution in [1.29, 1.82) is 0 Å². The molecule has 2 nitrogen and oxygen atoms in total. The maximum atomic E-state index is 13.3. The van der Waals surface area contributed by atoms with Crippen molar-refractivity contribution in [3.05, 3.63) is 29.1 Å². The van der Waals surface area contributed by atoms with Crippen LogP contribution >= 0.6 is 0 Å². The van der Waals surface area contributed by atoms with Crippen LogP contribution in [0.1, 0.15) is 29.8 Å². The van der Waals surface area contributed by atoms with Gasteiger partial charge in [0.05, 0.1) is 6.61 Å². The molecule has 0 saturated heterocycles. The standard InChI is InChI=1S/C11H10F4O2/c1-3-17-7-4-8(6(2)16)10(9(12)5-7)11(13,14)15/h4-5H,3H2,1-2H3. The van der Waals surface area contributed by atoms with E-state index in [-0.39, 0.29) is 12.4 Å². The molecule has 94 valence electrons. The van der Waals surface area contributed by atoms with Gasteiger partial charge in [-0.2, -0.15) is 13.2 Å². The van der Waals surface area contributed by atoms with Gasteiger partial charge in [-0.1, -0.05) is 0 Å². The second-order valence-electron chi connectivity index (χ2n) is 3.31. The first-order chi connectivity index (χ1) is 7.77. The van der Waals surface area contributed by atoms with Crippen LogP contribution < -0.4 is 4.74 Å². The van der Waals surface area contributed by atoms with Crippen LogP contribution in [0.25, 0.3) is 0 Å². The number of alkyl halides is 3. The minimum atomic E-state index is -4.91. The summed E-state index contributed by atoms with van der Waals surface area (Å²) in [5, 5.41) is 0. The molecule has 0 bridgehead atoms. The van der Waals surface area contributed by atoms with Crippen LogP contribution in [-0.2, 0) is 6.18 Å². The zero-order valence-corrected chi connectivity index (χ0v) is 9.19. The van der Waals surface area contributed by atoms with E-state index < -0.39 is 28.9 Å². The summed E-state index contributed by atoms with van der Waals surface area (Å²) >= 11 is 0. The van der Waals surface area contributed by atoms with Crippen molar-refractivity contribution in [3.63, 3.8) is 0 Å². The van der Waals surface area contributed by atoms with Gasteiger partial charge in [0.2, 0.25) is 0 Å². The summed E-state index contributed by atoms with van der Waals surface area (Å²) in [6.07, 6.45) is -4.91. The fourth-order valence-electron chi connectivity index (χ4n) is 1.40. The van der Waals surface area contributed by atoms with Crippen LogP contribution in [-0.4, -0.2) is 12.4 Å². The largest absolute Gasteiger partial charge is 0.494 e. The fourth-order valence-corrected chi connectivity index (χ4v) is 1.40. The lowest BCUT2D eigenvalue weighted by Crippen LogP contribution is -2.15. The molecule has 0 saturated carbocycles. The van der Waals surface area contributed by atoms with Gasteiger partial charge >= 0.3 is 6.18 Å². The minimum Gasteiger partial charge on any atom is -0.494 e. The lowest BCUT2D eigenvalue weighted by atomic mass is 10.0. The van der Waals surface area contributed by atoms with Gasteiger partial charge in [-0.15, -0.1) is 0 Å². The van der Waals surface area contributed by atoms with E-state index in [2.05, 4.69) is 0 Å². The van der Waals surface area contributed by atoms with Gasteiger partial charge in [-0.05, 0) is 19.9 Å². The molecule has 0 aliphatic rings. The Kier molecular flexibility index (Phi) is 3.75. The summed E-state index contributed by atoms with van der Waals surface area (Å²) in [5.41, 5.74) is -2.27. The Hall–Kier alpha value is -1.59. The lowest BCUT2D eigenvalue weighted by Gasteiger charge is -2.14. The third-order valence-electron chi connectivity index (χ3n) is 2.04. The monoisotopic (exact) mass is 250 g/mol. The number of hydrogen-bond donors (Lipinski definition) is 0. The third kappa shape index (κ3) is 2.95. The van der Waals surface area contributed by atoms with E-state index in [1.54, 1.807) is 6.92 Å². The number of ketones is 1. The smallest absolute Gasteiger partial charge is 0.419 e. The van der Waals surface area contributed by atoms with E-state index >= 15 is 0 Å². The molecule has 0 fully saturated rings. The summed E-state index contributed by atoms with van der Waals surface area (Å²) in [6, 6.07) is 1.52. The Balaban J connectivity index is 3.44. The highest BCUT2D eigenvalue weighted by Gasteiger charge is 2.38. The first kappa shape index (κ1) is 13.5. The molecular formula is C11H10F4O2. The predicted octanol–water partition coefficient (Wildman–Crippen LogP) is 3.45. The summed E-state index contributed by atoms with van der Waals surface area (Å²) in [4.78, 5) is 11.1. The van der Waals surface area contributed by atoms with Crippen molar-refractivity contribution >= 4 is 5.78 Å². The molecule has 0 spiro atoms. The Bertz CT molecular complexity index is 438. The second kappa shape index (κ2) is 4.73. The van der Waals surface area contributed by atoms with Crippen molar-refractivity contribution < 1.29 is 27.1 Å². The number of ether oxygens (including phenoxy) is 1. The van der Waals surface area contributed by atoms with Gasteiger partial charge in [0.1, 0.15) is 17.1 Å². The summed E-state index contributed by atoms with van der Waals surface area (Å²) in [6.45, 7) is 2.71. The number of Topliss-reactive ketones (excluding diaryl/α,β-unsaturated/α-hetero) is 1. The molecule has 0 unspecified atom stereocenters. The van der Waals surface area contributed by atoms with E-state index in [9.17, 15) is 22.4 Å². The van der Waals surface area contributed by atoms with Crippen molar-refractivity contribution in [2.24, 2.45) is 0 Å². The Morgan fingerprint density at radius 2 is 1.94 bits per heavy atom. The van der Waals surface area contributed by atoms with Gasteiger partial charge in [-0.3, -0.25) is 4.79 Å². The highest BCUT2D eigenvalue weighted by molar-refractivity contribution is 5.96. The molecule has 17 heavy (non-hydrogen) atoms. The average Bonchev–Trinajstić information content (AvgIpc) is 2.14. The van der Waals surface area contributed by atoms with E-state index in [0.717, 1.165) is 13.0 Å². The van der Waals surface area contributed by atoms with Crippen LogP contribution in [0.5, 0.6) is 5.75 Å². The van der Waals surface area contributed by atoms with Crippen molar-refractivity contribution in [2.45, 2.75) is 20.0 Å². The van der Waals surface area contributed by atoms with Gasteiger partial charge in [0.15, 0.2) is 5.78 Å². The molecule has 0 radical (unpaired) electrons. The third-order valence-corrected chi connectivity index (χ3v) is 2.04. The summed E-state index contributed by atoms with van der Waals surface area (Å²) in [5.74, 6) is -2.46. The second-order valence-corrected chi connectivity index (χ2v) is 3.31. The van der Waals surface area contributed by atoms with E-state index in [1.807, 2.05) is 0 Å². The zero-order chi connectivity index (χ0) is 13.2. The predicted molar refractivity (Wildman–Crippen MR) is 52.6 cm³/mol. The first-order valence-electron chi connectivity index (χ1n) is 4.81. The maximum absolute atomic E-state index is 13.3. The van der Waals surface area contributed by atoms with Gasteiger partial charge in [0, 0.05) is 11.6 Å². The molecule has 0 heterocycles. The van der Waals surface area contributed by atoms with Crippen LogP contribution in [0.2, 0.25) is 0 Å². The molecule has 0 N–H and O–H groups in total. The molecule has 0 aliphatic carbocycles. The molecule has 0 atom stereocenters. The Morgan fingerprint density at radius 1 is 1.35 bits per heavy atom. The molecule has 1 aromatic carbocycles. The van der Waals surface area contributed by atoms with Gasteiger partial charge in [0.25, 0.3) is 0 Å². The molecule has 0 aliphatic heterocycles. The quantitative estimate of drug-likeness (QED) is 0.606. The van der Waals surface area contributed by atoms with Crippen LogP contribution in [0, 0.1) is 5.82 Å². The van der Waals surface area contributed by atoms with Crippen LogP contribution in [0.4, 0.5) is 17.6 Å². The minimum absolute atomic E-state index is 0.0943. The highest BCUT2D eigenvalue weighted by Crippen LogP contribution is 2.36. The van der Waals surface area contributed by atoms with Gasteiger partial charge < -0.3 is 4.74 Å². The maximum Gasteiger partial charge on any atom is 0.419 e. The topological polar surface area (TPSA) is 26.3 Å². The number of rotatable bonds is 3. The first-order valence-corrected chi connectivity index (χ1v) is 4.81. The molecule has 0 amide bonds. The number of carbonyl (C=O) groups is 1. The Morgan fingerprint density at radius 3 is 2.35 bits per heavy atom.